The third-order valence-electron chi connectivity index (χ3n) is 5.65. The molecule has 162 valence electrons. The van der Waals surface area contributed by atoms with Gasteiger partial charge in [-0.2, -0.15) is 5.10 Å². The van der Waals surface area contributed by atoms with Crippen LogP contribution in [0.5, 0.6) is 5.75 Å². The fraction of sp³-hybridized carbons (Fsp3) is 0.333. The normalized spacial score (nSPS) is 16.9. The fourth-order valence-electron chi connectivity index (χ4n) is 3.47. The highest BCUT2D eigenvalue weighted by Gasteiger charge is 2.33. The van der Waals surface area contributed by atoms with Crippen molar-refractivity contribution in [2.75, 3.05) is 11.4 Å². The van der Waals surface area contributed by atoms with Crippen LogP contribution >= 0.6 is 0 Å². The molecule has 0 saturated heterocycles. The molecule has 0 radical (unpaired) electrons. The molecule has 3 aromatic rings. The van der Waals surface area contributed by atoms with Crippen LogP contribution in [-0.4, -0.2) is 45.1 Å². The zero-order valence-electron chi connectivity index (χ0n) is 18.0. The maximum Gasteiger partial charge on any atom is 0.263 e. The van der Waals surface area contributed by atoms with Gasteiger partial charge in [0.05, 0.1) is 29.6 Å². The molecule has 0 saturated carbocycles. The summed E-state index contributed by atoms with van der Waals surface area (Å²) in [6.45, 7) is 6.20. The van der Waals surface area contributed by atoms with Gasteiger partial charge in [0.1, 0.15) is 5.75 Å². The van der Waals surface area contributed by atoms with E-state index in [0.29, 0.717) is 18.8 Å². The Morgan fingerprint density at radius 3 is 2.65 bits per heavy atom. The molecular formula is C24H28N4O3. The number of carbonyl (C=O) groups excluding carboxylic acids is 1. The second kappa shape index (κ2) is 8.43. The third kappa shape index (κ3) is 4.72. The summed E-state index contributed by atoms with van der Waals surface area (Å²) in [5, 5.41) is 17.3. The largest absolute Gasteiger partial charge is 0.477 e. The number of aromatic nitrogens is 2. The summed E-state index contributed by atoms with van der Waals surface area (Å²) in [6.07, 6.45) is 3.00. The minimum absolute atomic E-state index is 0.233. The number of anilines is 1. The number of amides is 1. The standard InChI is InChI=1S/C24H28N4O3/c1-17(24(2,3)30)26-23(29)22-16-27(20-7-4-5-8-21(20)31-22)15-18-9-11-19(12-10-18)28-14-6-13-25-28/h4-14,17,22,30H,15-16H2,1-3H3,(H,26,29). The van der Waals surface area contributed by atoms with Crippen LogP contribution in [0, 0.1) is 0 Å². The van der Waals surface area contributed by atoms with Gasteiger partial charge in [0.15, 0.2) is 6.10 Å². The first-order chi connectivity index (χ1) is 14.8. The molecule has 1 aromatic heterocycles. The van der Waals surface area contributed by atoms with E-state index in [4.69, 9.17) is 4.74 Å². The van der Waals surface area contributed by atoms with Gasteiger partial charge in [-0.15, -0.1) is 0 Å². The van der Waals surface area contributed by atoms with Gasteiger partial charge >= 0.3 is 0 Å². The molecule has 1 aliphatic heterocycles. The SMILES string of the molecule is CC(NC(=O)C1CN(Cc2ccc(-n3cccn3)cc2)c2ccccc2O1)C(C)(C)O. The Hall–Kier alpha value is -3.32. The summed E-state index contributed by atoms with van der Waals surface area (Å²) in [6, 6.07) is 17.4. The fourth-order valence-corrected chi connectivity index (χ4v) is 3.47. The maximum atomic E-state index is 12.9. The van der Waals surface area contributed by atoms with E-state index in [-0.39, 0.29) is 5.91 Å². The molecule has 2 aromatic carbocycles. The molecule has 2 atom stereocenters. The summed E-state index contributed by atoms with van der Waals surface area (Å²) in [7, 11) is 0. The van der Waals surface area contributed by atoms with Crippen LogP contribution in [0.1, 0.15) is 26.3 Å². The first kappa shape index (κ1) is 20.9. The minimum Gasteiger partial charge on any atom is -0.477 e. The van der Waals surface area contributed by atoms with E-state index >= 15 is 0 Å². The second-order valence-electron chi connectivity index (χ2n) is 8.46. The van der Waals surface area contributed by atoms with Crippen molar-refractivity contribution < 1.29 is 14.6 Å². The van der Waals surface area contributed by atoms with Crippen LogP contribution in [0.3, 0.4) is 0 Å². The summed E-state index contributed by atoms with van der Waals surface area (Å²) in [5.74, 6) is 0.445. The lowest BCUT2D eigenvalue weighted by Crippen LogP contribution is -2.54. The number of nitrogens with one attached hydrogen (secondary N) is 1. The van der Waals surface area contributed by atoms with Gasteiger partial charge in [0.2, 0.25) is 0 Å². The molecule has 7 nitrogen and oxygen atoms in total. The van der Waals surface area contributed by atoms with E-state index in [9.17, 15) is 9.90 Å². The maximum absolute atomic E-state index is 12.9. The zero-order chi connectivity index (χ0) is 22.0. The van der Waals surface area contributed by atoms with Gasteiger partial charge in [0, 0.05) is 18.9 Å². The highest BCUT2D eigenvalue weighted by Crippen LogP contribution is 2.34. The number of ether oxygens (including phenoxy) is 1. The number of aliphatic hydroxyl groups is 1. The average Bonchev–Trinajstić information content (AvgIpc) is 3.28. The summed E-state index contributed by atoms with van der Waals surface area (Å²) in [5.41, 5.74) is 2.06. The van der Waals surface area contributed by atoms with E-state index in [2.05, 4.69) is 27.4 Å². The number of hydrogen-bond donors (Lipinski definition) is 2. The minimum atomic E-state index is -1.02. The van der Waals surface area contributed by atoms with Crippen LogP contribution in [-0.2, 0) is 11.3 Å². The molecule has 0 bridgehead atoms. The quantitative estimate of drug-likeness (QED) is 0.641. The predicted molar refractivity (Wildman–Crippen MR) is 119 cm³/mol. The van der Waals surface area contributed by atoms with Crippen LogP contribution in [0.25, 0.3) is 5.69 Å². The van der Waals surface area contributed by atoms with Crippen molar-refractivity contribution in [1.29, 1.82) is 0 Å². The summed E-state index contributed by atoms with van der Waals surface area (Å²) in [4.78, 5) is 15.0. The topological polar surface area (TPSA) is 79.6 Å². The van der Waals surface area contributed by atoms with Gasteiger partial charge in [-0.25, -0.2) is 4.68 Å². The molecule has 2 heterocycles. The molecule has 31 heavy (non-hydrogen) atoms. The molecule has 2 unspecified atom stereocenters. The lowest BCUT2D eigenvalue weighted by atomic mass is 10.0. The number of rotatable bonds is 6. The summed E-state index contributed by atoms with van der Waals surface area (Å²) >= 11 is 0. The Labute approximate surface area is 182 Å². The zero-order valence-corrected chi connectivity index (χ0v) is 18.0. The van der Waals surface area contributed by atoms with E-state index in [1.165, 1.54) is 0 Å². The predicted octanol–water partition coefficient (Wildman–Crippen LogP) is 2.92. The molecule has 4 rings (SSSR count). The van der Waals surface area contributed by atoms with Gasteiger partial charge in [-0.05, 0) is 56.7 Å². The first-order valence-corrected chi connectivity index (χ1v) is 10.4. The van der Waals surface area contributed by atoms with Crippen LogP contribution < -0.4 is 15.0 Å². The molecule has 1 aliphatic rings. The van der Waals surface area contributed by atoms with E-state index in [1.54, 1.807) is 27.0 Å². The Bertz CT molecular complexity index is 1030. The van der Waals surface area contributed by atoms with Crippen molar-refractivity contribution >= 4 is 11.6 Å². The highest BCUT2D eigenvalue weighted by atomic mass is 16.5. The summed E-state index contributed by atoms with van der Waals surface area (Å²) < 4.78 is 7.81. The van der Waals surface area contributed by atoms with Crippen LogP contribution in [0.15, 0.2) is 67.0 Å². The van der Waals surface area contributed by atoms with Crippen molar-refractivity contribution in [2.24, 2.45) is 0 Å². The lowest BCUT2D eigenvalue weighted by molar-refractivity contribution is -0.130. The molecular weight excluding hydrogens is 392 g/mol. The lowest BCUT2D eigenvalue weighted by Gasteiger charge is -2.37. The van der Waals surface area contributed by atoms with E-state index in [1.807, 2.05) is 53.3 Å². The smallest absolute Gasteiger partial charge is 0.263 e. The van der Waals surface area contributed by atoms with Crippen LogP contribution in [0.4, 0.5) is 5.69 Å². The van der Waals surface area contributed by atoms with Crippen molar-refractivity contribution in [1.82, 2.24) is 15.1 Å². The van der Waals surface area contributed by atoms with Gasteiger partial charge in [-0.3, -0.25) is 4.79 Å². The van der Waals surface area contributed by atoms with E-state index < -0.39 is 17.7 Å². The van der Waals surface area contributed by atoms with Crippen molar-refractivity contribution in [3.8, 4) is 11.4 Å². The van der Waals surface area contributed by atoms with Crippen LogP contribution in [0.2, 0.25) is 0 Å². The Morgan fingerprint density at radius 2 is 1.97 bits per heavy atom. The third-order valence-corrected chi connectivity index (χ3v) is 5.65. The molecule has 1 amide bonds. The average molecular weight is 421 g/mol. The second-order valence-corrected chi connectivity index (χ2v) is 8.46. The molecule has 0 fully saturated rings. The van der Waals surface area contributed by atoms with Crippen molar-refractivity contribution in [2.45, 2.75) is 45.1 Å². The van der Waals surface area contributed by atoms with Crippen molar-refractivity contribution in [3.05, 3.63) is 72.6 Å². The highest BCUT2D eigenvalue weighted by molar-refractivity contribution is 5.83. The van der Waals surface area contributed by atoms with Gasteiger partial charge < -0.3 is 20.1 Å². The van der Waals surface area contributed by atoms with Crippen molar-refractivity contribution in [3.63, 3.8) is 0 Å². The number of carbonyl (C=O) groups is 1. The number of para-hydroxylation sites is 2. The molecule has 7 heteroatoms. The number of benzene rings is 2. The Kier molecular flexibility index (Phi) is 5.69. The number of nitrogens with zero attached hydrogens (tertiary/aromatic N) is 3. The van der Waals surface area contributed by atoms with Gasteiger partial charge in [-0.1, -0.05) is 24.3 Å². The molecule has 2 N–H and O–H groups in total. The van der Waals surface area contributed by atoms with Gasteiger partial charge in [0.25, 0.3) is 5.91 Å². The first-order valence-electron chi connectivity index (χ1n) is 10.4. The van der Waals surface area contributed by atoms with E-state index in [0.717, 1.165) is 16.9 Å². The monoisotopic (exact) mass is 420 g/mol. The number of fused-ring (bicyclic) bond motifs is 1. The molecule has 0 spiro atoms. The molecule has 0 aliphatic carbocycles. The Morgan fingerprint density at radius 1 is 1.23 bits per heavy atom. The Balaban J connectivity index is 1.52. The number of hydrogen-bond acceptors (Lipinski definition) is 5.